The quantitative estimate of drug-likeness (QED) is 0.825. The molecule has 0 saturated heterocycles. The van der Waals surface area contributed by atoms with Gasteiger partial charge in [0.2, 0.25) is 0 Å². The molecule has 3 N–H and O–H groups in total. The lowest BCUT2D eigenvalue weighted by molar-refractivity contribution is 0.491. The Bertz CT molecular complexity index is 479. The van der Waals surface area contributed by atoms with E-state index in [0.29, 0.717) is 35.1 Å². The average molecular weight is 261 g/mol. The first-order chi connectivity index (χ1) is 9.02. The van der Waals surface area contributed by atoms with Crippen LogP contribution in [0.1, 0.15) is 45.6 Å². The molecule has 1 aromatic rings. The Morgan fingerprint density at radius 3 is 2.68 bits per heavy atom. The molecule has 1 aliphatic rings. The summed E-state index contributed by atoms with van der Waals surface area (Å²) in [7, 11) is 0. The van der Waals surface area contributed by atoms with Crippen molar-refractivity contribution in [3.8, 4) is 6.07 Å². The number of hydrogen-bond acceptors (Lipinski definition) is 4. The number of nitrogens with two attached hydrogens (primary N) is 1. The van der Waals surface area contributed by atoms with Crippen LogP contribution >= 0.6 is 0 Å². The summed E-state index contributed by atoms with van der Waals surface area (Å²) in [5, 5.41) is 17.0. The predicted molar refractivity (Wildman–Crippen MR) is 76.6 cm³/mol. The summed E-state index contributed by atoms with van der Waals surface area (Å²) >= 11 is 0. The Labute approximate surface area is 114 Å². The van der Waals surface area contributed by atoms with Gasteiger partial charge >= 0.3 is 0 Å². The van der Waals surface area contributed by atoms with Gasteiger partial charge in [0.1, 0.15) is 17.5 Å². The van der Waals surface area contributed by atoms with Gasteiger partial charge in [0.05, 0.1) is 0 Å². The van der Waals surface area contributed by atoms with E-state index in [4.69, 9.17) is 5.73 Å². The molecule has 1 aliphatic carbocycles. The SMILES string of the molecule is CC(C)CCn1nc(NC(C)C2CC2)c(C#N)c1N. The normalized spacial score (nSPS) is 16.4. The lowest BCUT2D eigenvalue weighted by atomic mass is 10.1. The highest BCUT2D eigenvalue weighted by Crippen LogP contribution is 2.34. The monoisotopic (exact) mass is 261 g/mol. The third-order valence-electron chi connectivity index (χ3n) is 3.72. The molecule has 5 heteroatoms. The molecule has 1 unspecified atom stereocenters. The van der Waals surface area contributed by atoms with Crippen LogP contribution in [0, 0.1) is 23.2 Å². The van der Waals surface area contributed by atoms with E-state index in [1.165, 1.54) is 12.8 Å². The van der Waals surface area contributed by atoms with Crippen LogP contribution in [0.2, 0.25) is 0 Å². The van der Waals surface area contributed by atoms with Crippen molar-refractivity contribution in [1.82, 2.24) is 9.78 Å². The van der Waals surface area contributed by atoms with Crippen molar-refractivity contribution in [1.29, 1.82) is 5.26 Å². The highest BCUT2D eigenvalue weighted by Gasteiger charge is 2.29. The van der Waals surface area contributed by atoms with E-state index in [1.807, 2.05) is 0 Å². The summed E-state index contributed by atoms with van der Waals surface area (Å²) in [6, 6.07) is 2.53. The number of aromatic nitrogens is 2. The summed E-state index contributed by atoms with van der Waals surface area (Å²) in [5.74, 6) is 2.43. The lowest BCUT2D eigenvalue weighted by Crippen LogP contribution is -2.18. The number of nitrogens with zero attached hydrogens (tertiary/aromatic N) is 3. The van der Waals surface area contributed by atoms with Crippen molar-refractivity contribution in [2.24, 2.45) is 11.8 Å². The van der Waals surface area contributed by atoms with E-state index in [-0.39, 0.29) is 0 Å². The predicted octanol–water partition coefficient (Wildman–Crippen LogP) is 2.59. The first kappa shape index (κ1) is 13.7. The minimum Gasteiger partial charge on any atom is -0.383 e. The van der Waals surface area contributed by atoms with Crippen LogP contribution in [0.4, 0.5) is 11.6 Å². The molecular formula is C14H23N5. The van der Waals surface area contributed by atoms with E-state index in [9.17, 15) is 5.26 Å². The maximum Gasteiger partial charge on any atom is 0.168 e. The van der Waals surface area contributed by atoms with E-state index in [2.05, 4.69) is 37.3 Å². The fraction of sp³-hybridized carbons (Fsp3) is 0.714. The average Bonchev–Trinajstić information content (AvgIpc) is 3.14. The molecule has 1 heterocycles. The Morgan fingerprint density at radius 1 is 1.47 bits per heavy atom. The Morgan fingerprint density at radius 2 is 2.16 bits per heavy atom. The molecule has 0 bridgehead atoms. The van der Waals surface area contributed by atoms with Gasteiger partial charge in [-0.3, -0.25) is 0 Å². The van der Waals surface area contributed by atoms with Crippen LogP contribution in [0.5, 0.6) is 0 Å². The number of nitrogens with one attached hydrogen (secondary N) is 1. The van der Waals surface area contributed by atoms with Crippen LogP contribution < -0.4 is 11.1 Å². The zero-order valence-corrected chi connectivity index (χ0v) is 12.0. The number of anilines is 2. The van der Waals surface area contributed by atoms with Crippen LogP contribution in [0.3, 0.4) is 0 Å². The molecule has 1 fully saturated rings. The largest absolute Gasteiger partial charge is 0.383 e. The first-order valence-electron chi connectivity index (χ1n) is 7.05. The molecule has 1 aromatic heterocycles. The van der Waals surface area contributed by atoms with Crippen molar-refractivity contribution in [2.45, 2.75) is 52.6 Å². The second-order valence-corrected chi connectivity index (χ2v) is 5.90. The summed E-state index contributed by atoms with van der Waals surface area (Å²) in [5.41, 5.74) is 6.49. The summed E-state index contributed by atoms with van der Waals surface area (Å²) in [6.45, 7) is 7.23. The molecule has 0 aromatic carbocycles. The van der Waals surface area contributed by atoms with Crippen molar-refractivity contribution in [2.75, 3.05) is 11.1 Å². The molecule has 5 nitrogen and oxygen atoms in total. The van der Waals surface area contributed by atoms with Crippen LogP contribution in [0.15, 0.2) is 0 Å². The number of nitriles is 1. The maximum atomic E-state index is 9.23. The zero-order valence-electron chi connectivity index (χ0n) is 12.0. The van der Waals surface area contributed by atoms with Crippen molar-refractivity contribution < 1.29 is 0 Å². The van der Waals surface area contributed by atoms with E-state index in [1.54, 1.807) is 4.68 Å². The van der Waals surface area contributed by atoms with Crippen molar-refractivity contribution in [3.63, 3.8) is 0 Å². The standard InChI is InChI=1S/C14H23N5/c1-9(2)6-7-19-13(16)12(8-15)14(18-19)17-10(3)11-4-5-11/h9-11H,4-7,16H2,1-3H3,(H,17,18). The molecule has 0 aliphatic heterocycles. The molecular weight excluding hydrogens is 238 g/mol. The number of aryl methyl sites for hydroxylation is 1. The van der Waals surface area contributed by atoms with Gasteiger partial charge in [-0.15, -0.1) is 0 Å². The Hall–Kier alpha value is -1.70. The smallest absolute Gasteiger partial charge is 0.168 e. The molecule has 1 atom stereocenters. The van der Waals surface area contributed by atoms with E-state index < -0.39 is 0 Å². The molecule has 1 saturated carbocycles. The van der Waals surface area contributed by atoms with Gasteiger partial charge in [-0.2, -0.15) is 10.4 Å². The fourth-order valence-electron chi connectivity index (χ4n) is 2.17. The summed E-state index contributed by atoms with van der Waals surface area (Å²) in [6.07, 6.45) is 3.54. The van der Waals surface area contributed by atoms with Crippen LogP contribution in [0.25, 0.3) is 0 Å². The van der Waals surface area contributed by atoms with Gasteiger partial charge < -0.3 is 11.1 Å². The number of rotatable bonds is 6. The topological polar surface area (TPSA) is 79.7 Å². The Kier molecular flexibility index (Phi) is 3.98. The van der Waals surface area contributed by atoms with Gasteiger partial charge in [-0.1, -0.05) is 13.8 Å². The summed E-state index contributed by atoms with van der Waals surface area (Å²) < 4.78 is 1.75. The van der Waals surface area contributed by atoms with Crippen LogP contribution in [-0.4, -0.2) is 15.8 Å². The van der Waals surface area contributed by atoms with Crippen LogP contribution in [-0.2, 0) is 6.54 Å². The van der Waals surface area contributed by atoms with Crippen molar-refractivity contribution >= 4 is 11.6 Å². The van der Waals surface area contributed by atoms with Gasteiger partial charge in [0.15, 0.2) is 5.82 Å². The highest BCUT2D eigenvalue weighted by atomic mass is 15.3. The second-order valence-electron chi connectivity index (χ2n) is 5.90. The second kappa shape index (κ2) is 5.52. The third kappa shape index (κ3) is 3.19. The molecule has 0 spiro atoms. The number of nitrogen functional groups attached to an aromatic ring is 1. The molecule has 2 rings (SSSR count). The minimum absolute atomic E-state index is 0.361. The maximum absolute atomic E-state index is 9.23. The van der Waals surface area contributed by atoms with E-state index >= 15 is 0 Å². The van der Waals surface area contributed by atoms with Gasteiger partial charge in [-0.25, -0.2) is 4.68 Å². The van der Waals surface area contributed by atoms with Gasteiger partial charge in [0.25, 0.3) is 0 Å². The molecule has 104 valence electrons. The van der Waals surface area contributed by atoms with Gasteiger partial charge in [0, 0.05) is 12.6 Å². The third-order valence-corrected chi connectivity index (χ3v) is 3.72. The number of hydrogen-bond donors (Lipinski definition) is 2. The first-order valence-corrected chi connectivity index (χ1v) is 7.05. The Balaban J connectivity index is 2.13. The molecule has 19 heavy (non-hydrogen) atoms. The van der Waals surface area contributed by atoms with E-state index in [0.717, 1.165) is 13.0 Å². The minimum atomic E-state index is 0.361. The lowest BCUT2D eigenvalue weighted by Gasteiger charge is -2.11. The molecule has 0 radical (unpaired) electrons. The summed E-state index contributed by atoms with van der Waals surface area (Å²) in [4.78, 5) is 0. The fourth-order valence-corrected chi connectivity index (χ4v) is 2.17. The van der Waals surface area contributed by atoms with Crippen molar-refractivity contribution in [3.05, 3.63) is 5.56 Å². The zero-order chi connectivity index (χ0) is 14.0. The highest BCUT2D eigenvalue weighted by molar-refractivity contribution is 5.64. The van der Waals surface area contributed by atoms with Gasteiger partial charge in [-0.05, 0) is 38.0 Å². The molecule has 0 amide bonds.